The third-order valence-electron chi connectivity index (χ3n) is 5.05. The van der Waals surface area contributed by atoms with Crippen LogP contribution in [0, 0.1) is 6.92 Å². The zero-order valence-corrected chi connectivity index (χ0v) is 19.2. The standard InChI is InChI=1S/C23H25N5O3S/c1-13(2)28-21-18(12-25-28)17(10-19(27-21)20-8-7-14(3)32-20)23(30)26-15(4)22(29)24-11-16-6-5-9-31-16/h5-10,12-13,15H,11H2,1-4H3,(H,24,29)(H,26,30). The van der Waals surface area contributed by atoms with Crippen molar-refractivity contribution in [2.75, 3.05) is 0 Å². The van der Waals surface area contributed by atoms with E-state index in [9.17, 15) is 9.59 Å². The molecule has 4 rings (SSSR count). The molecule has 1 atom stereocenters. The first-order valence-corrected chi connectivity index (χ1v) is 11.2. The summed E-state index contributed by atoms with van der Waals surface area (Å²) in [6.07, 6.45) is 3.20. The molecule has 0 saturated heterocycles. The number of thiophene rings is 1. The Kier molecular flexibility index (Phi) is 6.09. The van der Waals surface area contributed by atoms with E-state index in [1.807, 2.05) is 32.9 Å². The quantitative estimate of drug-likeness (QED) is 0.441. The molecule has 4 heterocycles. The lowest BCUT2D eigenvalue weighted by Crippen LogP contribution is -2.44. The van der Waals surface area contributed by atoms with Gasteiger partial charge in [-0.05, 0) is 58.0 Å². The van der Waals surface area contributed by atoms with Gasteiger partial charge in [-0.25, -0.2) is 9.67 Å². The highest BCUT2D eigenvalue weighted by atomic mass is 32.1. The highest BCUT2D eigenvalue weighted by Crippen LogP contribution is 2.30. The Labute approximate surface area is 189 Å². The third-order valence-corrected chi connectivity index (χ3v) is 6.07. The molecule has 4 aromatic heterocycles. The summed E-state index contributed by atoms with van der Waals surface area (Å²) in [5, 5.41) is 10.6. The lowest BCUT2D eigenvalue weighted by molar-refractivity contribution is -0.122. The van der Waals surface area contributed by atoms with Gasteiger partial charge in [-0.3, -0.25) is 9.59 Å². The molecular formula is C23H25N5O3S. The molecule has 8 nitrogen and oxygen atoms in total. The molecule has 0 aliphatic carbocycles. The molecule has 2 N–H and O–H groups in total. The van der Waals surface area contributed by atoms with Crippen molar-refractivity contribution in [2.24, 2.45) is 0 Å². The van der Waals surface area contributed by atoms with Crippen molar-refractivity contribution in [3.8, 4) is 10.6 Å². The van der Waals surface area contributed by atoms with Crippen molar-refractivity contribution < 1.29 is 14.0 Å². The van der Waals surface area contributed by atoms with Crippen LogP contribution in [0.4, 0.5) is 0 Å². The van der Waals surface area contributed by atoms with Gasteiger partial charge in [0, 0.05) is 10.9 Å². The second-order valence-electron chi connectivity index (χ2n) is 7.88. The maximum absolute atomic E-state index is 13.2. The topological polar surface area (TPSA) is 102 Å². The number of amides is 2. The van der Waals surface area contributed by atoms with E-state index in [-0.39, 0.29) is 24.4 Å². The van der Waals surface area contributed by atoms with Crippen molar-refractivity contribution in [3.63, 3.8) is 0 Å². The number of hydrogen-bond donors (Lipinski definition) is 2. The molecular weight excluding hydrogens is 426 g/mol. The zero-order valence-electron chi connectivity index (χ0n) is 18.4. The summed E-state index contributed by atoms with van der Waals surface area (Å²) in [6.45, 7) is 7.97. The summed E-state index contributed by atoms with van der Waals surface area (Å²) >= 11 is 1.61. The van der Waals surface area contributed by atoms with Crippen LogP contribution in [0.3, 0.4) is 0 Å². The molecule has 0 saturated carbocycles. The highest BCUT2D eigenvalue weighted by Gasteiger charge is 2.22. The van der Waals surface area contributed by atoms with Gasteiger partial charge in [-0.2, -0.15) is 5.10 Å². The smallest absolute Gasteiger partial charge is 0.252 e. The van der Waals surface area contributed by atoms with Crippen LogP contribution >= 0.6 is 11.3 Å². The van der Waals surface area contributed by atoms with Gasteiger partial charge >= 0.3 is 0 Å². The van der Waals surface area contributed by atoms with E-state index in [1.54, 1.807) is 53.6 Å². The zero-order chi connectivity index (χ0) is 22.8. The predicted octanol–water partition coefficient (Wildman–Crippen LogP) is 4.08. The fraction of sp³-hybridized carbons (Fsp3) is 0.304. The maximum atomic E-state index is 13.2. The number of pyridine rings is 1. The van der Waals surface area contributed by atoms with Crippen LogP contribution in [0.1, 0.15) is 47.8 Å². The summed E-state index contributed by atoms with van der Waals surface area (Å²) in [4.78, 5) is 32.6. The Morgan fingerprint density at radius 3 is 2.69 bits per heavy atom. The van der Waals surface area contributed by atoms with Gasteiger partial charge < -0.3 is 15.1 Å². The summed E-state index contributed by atoms with van der Waals surface area (Å²) in [7, 11) is 0. The summed E-state index contributed by atoms with van der Waals surface area (Å²) in [5.41, 5.74) is 1.79. The van der Waals surface area contributed by atoms with E-state index < -0.39 is 6.04 Å². The molecule has 0 aliphatic rings. The second kappa shape index (κ2) is 8.96. The molecule has 2 amide bonds. The molecule has 0 bridgehead atoms. The Balaban J connectivity index is 1.61. The van der Waals surface area contributed by atoms with Crippen molar-refractivity contribution in [1.29, 1.82) is 0 Å². The largest absolute Gasteiger partial charge is 0.467 e. The van der Waals surface area contributed by atoms with Gasteiger partial charge in [0.15, 0.2) is 5.65 Å². The normalized spacial score (nSPS) is 12.3. The van der Waals surface area contributed by atoms with Gasteiger partial charge in [0.1, 0.15) is 11.8 Å². The molecule has 9 heteroatoms. The number of carbonyl (C=O) groups is 2. The molecule has 0 radical (unpaired) electrons. The first-order chi connectivity index (χ1) is 15.3. The van der Waals surface area contributed by atoms with E-state index in [1.165, 1.54) is 0 Å². The maximum Gasteiger partial charge on any atom is 0.252 e. The average Bonchev–Trinajstić information content (AvgIpc) is 3.51. The Hall–Kier alpha value is -3.46. The van der Waals surface area contributed by atoms with E-state index in [0.717, 1.165) is 9.75 Å². The van der Waals surface area contributed by atoms with Crippen LogP contribution < -0.4 is 10.6 Å². The summed E-state index contributed by atoms with van der Waals surface area (Å²) < 4.78 is 7.02. The minimum Gasteiger partial charge on any atom is -0.467 e. The van der Waals surface area contributed by atoms with Crippen LogP contribution in [0.25, 0.3) is 21.6 Å². The minimum absolute atomic E-state index is 0.0857. The van der Waals surface area contributed by atoms with E-state index in [2.05, 4.69) is 15.7 Å². The van der Waals surface area contributed by atoms with E-state index in [4.69, 9.17) is 9.40 Å². The Morgan fingerprint density at radius 2 is 2.03 bits per heavy atom. The SMILES string of the molecule is Cc1ccc(-c2cc(C(=O)NC(C)C(=O)NCc3ccco3)c3cnn(C(C)C)c3n2)s1. The van der Waals surface area contributed by atoms with E-state index in [0.29, 0.717) is 28.1 Å². The number of furan rings is 1. The number of aryl methyl sites for hydroxylation is 1. The van der Waals surface area contributed by atoms with Crippen molar-refractivity contribution in [3.05, 3.63) is 59.0 Å². The first kappa shape index (κ1) is 21.8. The van der Waals surface area contributed by atoms with Crippen LogP contribution in [0.5, 0.6) is 0 Å². The molecule has 0 aliphatic heterocycles. The fourth-order valence-corrected chi connectivity index (χ4v) is 4.19. The summed E-state index contributed by atoms with van der Waals surface area (Å²) in [6, 6.07) is 8.68. The lowest BCUT2D eigenvalue weighted by atomic mass is 10.1. The average molecular weight is 452 g/mol. The molecule has 166 valence electrons. The monoisotopic (exact) mass is 451 g/mol. The Bertz CT molecular complexity index is 1260. The fourth-order valence-electron chi connectivity index (χ4n) is 3.36. The molecule has 0 aromatic carbocycles. The molecule has 0 fully saturated rings. The lowest BCUT2D eigenvalue weighted by Gasteiger charge is -2.15. The Morgan fingerprint density at radius 1 is 1.22 bits per heavy atom. The van der Waals surface area contributed by atoms with Gasteiger partial charge in [0.2, 0.25) is 5.91 Å². The molecule has 32 heavy (non-hydrogen) atoms. The highest BCUT2D eigenvalue weighted by molar-refractivity contribution is 7.15. The van der Waals surface area contributed by atoms with Crippen molar-refractivity contribution >= 4 is 34.2 Å². The number of nitrogens with one attached hydrogen (secondary N) is 2. The number of rotatable bonds is 7. The number of hydrogen-bond acceptors (Lipinski definition) is 6. The van der Waals surface area contributed by atoms with Crippen LogP contribution in [0.2, 0.25) is 0 Å². The van der Waals surface area contributed by atoms with Gasteiger partial charge in [0.05, 0.1) is 40.5 Å². The number of aromatic nitrogens is 3. The third kappa shape index (κ3) is 4.43. The minimum atomic E-state index is -0.728. The van der Waals surface area contributed by atoms with Crippen molar-refractivity contribution in [1.82, 2.24) is 25.4 Å². The van der Waals surface area contributed by atoms with Crippen molar-refractivity contribution in [2.45, 2.75) is 46.3 Å². The number of nitrogens with zero attached hydrogens (tertiary/aromatic N) is 3. The summed E-state index contributed by atoms with van der Waals surface area (Å²) in [5.74, 6) is -0.00684. The predicted molar refractivity (Wildman–Crippen MR) is 123 cm³/mol. The number of carbonyl (C=O) groups excluding carboxylic acids is 2. The number of fused-ring (bicyclic) bond motifs is 1. The van der Waals surface area contributed by atoms with Crippen LogP contribution in [-0.4, -0.2) is 32.6 Å². The van der Waals surface area contributed by atoms with Crippen LogP contribution in [0.15, 0.2) is 47.2 Å². The van der Waals surface area contributed by atoms with E-state index >= 15 is 0 Å². The van der Waals surface area contributed by atoms with Gasteiger partial charge in [-0.1, -0.05) is 0 Å². The second-order valence-corrected chi connectivity index (χ2v) is 9.17. The molecule has 0 spiro atoms. The first-order valence-electron chi connectivity index (χ1n) is 10.4. The van der Waals surface area contributed by atoms with Gasteiger partial charge in [0.25, 0.3) is 5.91 Å². The molecule has 4 aromatic rings. The van der Waals surface area contributed by atoms with Crippen LogP contribution in [-0.2, 0) is 11.3 Å². The van der Waals surface area contributed by atoms with Gasteiger partial charge in [-0.15, -0.1) is 11.3 Å². The molecule has 1 unspecified atom stereocenters.